The van der Waals surface area contributed by atoms with E-state index >= 15 is 0 Å². The summed E-state index contributed by atoms with van der Waals surface area (Å²) in [5.74, 6) is -0.0528. The molecule has 0 aliphatic heterocycles. The first-order chi connectivity index (χ1) is 10.6. The molecule has 0 N–H and O–H groups in total. The van der Waals surface area contributed by atoms with Gasteiger partial charge in [-0.05, 0) is 28.1 Å². The van der Waals surface area contributed by atoms with Crippen LogP contribution in [0.5, 0.6) is 0 Å². The first-order valence-electron chi connectivity index (χ1n) is 6.64. The topological polar surface area (TPSA) is 33.2 Å². The predicted molar refractivity (Wildman–Crippen MR) is 95.4 cm³/mol. The molecule has 1 amide bonds. The molecule has 2 aromatic heterocycles. The minimum Gasteiger partial charge on any atom is -0.335 e. The Kier molecular flexibility index (Phi) is 4.71. The van der Waals surface area contributed by atoms with Crippen LogP contribution in [0.1, 0.15) is 15.4 Å². The predicted octanol–water partition coefficient (Wildman–Crippen LogP) is 4.91. The molecule has 3 aromatic rings. The van der Waals surface area contributed by atoms with Crippen molar-refractivity contribution in [3.63, 3.8) is 0 Å². The summed E-state index contributed by atoms with van der Waals surface area (Å²) in [6.07, 6.45) is 0. The number of amides is 1. The van der Waals surface area contributed by atoms with Gasteiger partial charge in [-0.2, -0.15) is 0 Å². The number of aromatic nitrogens is 1. The van der Waals surface area contributed by atoms with E-state index in [1.54, 1.807) is 23.3 Å². The highest BCUT2D eigenvalue weighted by Crippen LogP contribution is 2.25. The van der Waals surface area contributed by atoms with Gasteiger partial charge in [-0.25, -0.2) is 4.98 Å². The molecule has 1 aromatic carbocycles. The minimum atomic E-state index is -0.0528. The Labute approximate surface area is 145 Å². The third-order valence-corrected chi connectivity index (χ3v) is 5.61. The van der Waals surface area contributed by atoms with Crippen LogP contribution in [0.25, 0.3) is 10.6 Å². The number of nitrogens with zero attached hydrogens (tertiary/aromatic N) is 2. The van der Waals surface area contributed by atoms with Crippen molar-refractivity contribution >= 4 is 44.5 Å². The lowest BCUT2D eigenvalue weighted by molar-refractivity contribution is 0.0781. The van der Waals surface area contributed by atoms with Crippen LogP contribution in [-0.2, 0) is 6.54 Å². The normalized spacial score (nSPS) is 10.6. The van der Waals surface area contributed by atoms with Crippen molar-refractivity contribution in [2.24, 2.45) is 0 Å². The van der Waals surface area contributed by atoms with Gasteiger partial charge in [0.05, 0.1) is 10.3 Å². The Balaban J connectivity index is 1.74. The number of benzene rings is 1. The number of thiophene rings is 1. The molecule has 0 aliphatic carbocycles. The van der Waals surface area contributed by atoms with Crippen molar-refractivity contribution < 1.29 is 4.79 Å². The molecule has 0 bridgehead atoms. The second-order valence-corrected chi connectivity index (χ2v) is 8.18. The Morgan fingerprint density at radius 2 is 2.00 bits per heavy atom. The lowest BCUT2D eigenvalue weighted by atomic mass is 10.2. The van der Waals surface area contributed by atoms with Crippen LogP contribution in [0, 0.1) is 0 Å². The summed E-state index contributed by atoms with van der Waals surface area (Å²) in [5.41, 5.74) is 1.54. The number of hydrogen-bond acceptors (Lipinski definition) is 4. The number of thiazole rings is 1. The van der Waals surface area contributed by atoms with Crippen LogP contribution in [0.4, 0.5) is 0 Å². The standard InChI is InChI=1S/C16H13BrN2OS2/c1-19(9-12-7-8-14(17)22-12)16(20)13-10-21-15(18-13)11-5-3-2-4-6-11/h2-8,10H,9H2,1H3. The molecule has 0 fully saturated rings. The van der Waals surface area contributed by atoms with Crippen LogP contribution in [0.3, 0.4) is 0 Å². The highest BCUT2D eigenvalue weighted by atomic mass is 79.9. The van der Waals surface area contributed by atoms with E-state index < -0.39 is 0 Å². The summed E-state index contributed by atoms with van der Waals surface area (Å²) in [6, 6.07) is 13.9. The van der Waals surface area contributed by atoms with Gasteiger partial charge in [0, 0.05) is 22.9 Å². The van der Waals surface area contributed by atoms with Crippen LogP contribution in [0.2, 0.25) is 0 Å². The SMILES string of the molecule is CN(Cc1ccc(Br)s1)C(=O)c1csc(-c2ccccc2)n1. The van der Waals surface area contributed by atoms with E-state index in [2.05, 4.69) is 20.9 Å². The Hall–Kier alpha value is -1.50. The molecule has 0 aliphatic rings. The maximum Gasteiger partial charge on any atom is 0.273 e. The van der Waals surface area contributed by atoms with Gasteiger partial charge in [-0.1, -0.05) is 30.3 Å². The number of hydrogen-bond donors (Lipinski definition) is 0. The first kappa shape index (κ1) is 15.4. The van der Waals surface area contributed by atoms with E-state index in [-0.39, 0.29) is 5.91 Å². The zero-order valence-electron chi connectivity index (χ0n) is 11.8. The second-order valence-electron chi connectivity index (χ2n) is 4.77. The molecular weight excluding hydrogens is 380 g/mol. The highest BCUT2D eigenvalue weighted by molar-refractivity contribution is 9.11. The zero-order valence-corrected chi connectivity index (χ0v) is 15.0. The summed E-state index contributed by atoms with van der Waals surface area (Å²) in [5, 5.41) is 2.70. The summed E-state index contributed by atoms with van der Waals surface area (Å²) >= 11 is 6.57. The van der Waals surface area contributed by atoms with Gasteiger partial charge in [0.1, 0.15) is 10.7 Å². The molecule has 3 nitrogen and oxygen atoms in total. The van der Waals surface area contributed by atoms with E-state index in [0.717, 1.165) is 19.2 Å². The van der Waals surface area contributed by atoms with Gasteiger partial charge in [0.2, 0.25) is 0 Å². The Bertz CT molecular complexity index is 782. The Morgan fingerprint density at radius 1 is 1.23 bits per heavy atom. The van der Waals surface area contributed by atoms with Crippen molar-refractivity contribution in [3.05, 3.63) is 62.2 Å². The third kappa shape index (κ3) is 3.45. The van der Waals surface area contributed by atoms with Crippen molar-refractivity contribution in [2.75, 3.05) is 7.05 Å². The van der Waals surface area contributed by atoms with Gasteiger partial charge in [0.25, 0.3) is 5.91 Å². The van der Waals surface area contributed by atoms with Crippen molar-refractivity contribution in [1.29, 1.82) is 0 Å². The van der Waals surface area contributed by atoms with Crippen molar-refractivity contribution in [3.8, 4) is 10.6 Å². The zero-order chi connectivity index (χ0) is 15.5. The van der Waals surface area contributed by atoms with Crippen LogP contribution < -0.4 is 0 Å². The molecule has 0 saturated heterocycles. The van der Waals surface area contributed by atoms with E-state index in [9.17, 15) is 4.79 Å². The molecule has 112 valence electrons. The molecule has 6 heteroatoms. The molecule has 0 saturated carbocycles. The van der Waals surface area contributed by atoms with Crippen molar-refractivity contribution in [2.45, 2.75) is 6.54 Å². The van der Waals surface area contributed by atoms with Gasteiger partial charge in [-0.3, -0.25) is 4.79 Å². The lowest BCUT2D eigenvalue weighted by Crippen LogP contribution is -2.26. The maximum atomic E-state index is 12.5. The third-order valence-electron chi connectivity index (χ3n) is 3.11. The Morgan fingerprint density at radius 3 is 2.68 bits per heavy atom. The highest BCUT2D eigenvalue weighted by Gasteiger charge is 2.16. The van der Waals surface area contributed by atoms with Gasteiger partial charge in [-0.15, -0.1) is 22.7 Å². The fourth-order valence-electron chi connectivity index (χ4n) is 2.02. The molecule has 0 unspecified atom stereocenters. The van der Waals surface area contributed by atoms with E-state index in [0.29, 0.717) is 12.2 Å². The van der Waals surface area contributed by atoms with E-state index in [4.69, 9.17) is 0 Å². The van der Waals surface area contributed by atoms with Crippen molar-refractivity contribution in [1.82, 2.24) is 9.88 Å². The van der Waals surface area contributed by atoms with Crippen LogP contribution in [0.15, 0.2) is 51.6 Å². The van der Waals surface area contributed by atoms with Crippen LogP contribution in [-0.4, -0.2) is 22.8 Å². The molecule has 0 atom stereocenters. The molecule has 22 heavy (non-hydrogen) atoms. The van der Waals surface area contributed by atoms with Gasteiger partial charge >= 0.3 is 0 Å². The minimum absolute atomic E-state index is 0.0528. The largest absolute Gasteiger partial charge is 0.335 e. The fraction of sp³-hybridized carbons (Fsp3) is 0.125. The number of carbonyl (C=O) groups excluding carboxylic acids is 1. The lowest BCUT2D eigenvalue weighted by Gasteiger charge is -2.14. The molecule has 3 rings (SSSR count). The molecule has 0 radical (unpaired) electrons. The summed E-state index contributed by atoms with van der Waals surface area (Å²) < 4.78 is 1.07. The average molecular weight is 393 g/mol. The molecule has 0 spiro atoms. The van der Waals surface area contributed by atoms with Gasteiger partial charge in [0.15, 0.2) is 0 Å². The smallest absolute Gasteiger partial charge is 0.273 e. The molecule has 2 heterocycles. The van der Waals surface area contributed by atoms with Gasteiger partial charge < -0.3 is 4.90 Å². The monoisotopic (exact) mass is 392 g/mol. The molecular formula is C16H13BrN2OS2. The average Bonchev–Trinajstić information content (AvgIpc) is 3.17. The first-order valence-corrected chi connectivity index (χ1v) is 9.13. The maximum absolute atomic E-state index is 12.5. The number of halogens is 1. The number of carbonyl (C=O) groups is 1. The summed E-state index contributed by atoms with van der Waals surface area (Å²) in [4.78, 5) is 19.8. The second kappa shape index (κ2) is 6.73. The number of rotatable bonds is 4. The van der Waals surface area contributed by atoms with E-state index in [1.807, 2.05) is 47.8 Å². The van der Waals surface area contributed by atoms with Crippen LogP contribution >= 0.6 is 38.6 Å². The fourth-order valence-corrected chi connectivity index (χ4v) is 4.36. The summed E-state index contributed by atoms with van der Waals surface area (Å²) in [6.45, 7) is 0.591. The van der Waals surface area contributed by atoms with E-state index in [1.165, 1.54) is 11.3 Å². The quantitative estimate of drug-likeness (QED) is 0.631. The summed E-state index contributed by atoms with van der Waals surface area (Å²) in [7, 11) is 1.80.